The fourth-order valence-electron chi connectivity index (χ4n) is 3.17. The zero-order chi connectivity index (χ0) is 21.7. The van der Waals surface area contributed by atoms with Gasteiger partial charge in [-0.2, -0.15) is 0 Å². The van der Waals surface area contributed by atoms with E-state index in [4.69, 9.17) is 18.9 Å². The van der Waals surface area contributed by atoms with Crippen molar-refractivity contribution in [2.45, 2.75) is 18.6 Å². The second-order valence-corrected chi connectivity index (χ2v) is 7.90. The number of hydrogen-bond acceptors (Lipinski definition) is 7. The zero-order valence-electron chi connectivity index (χ0n) is 17.5. The standard InChI is InChI=1S/C22H25NO6S/c1-14-5-7-16(8-6-14)29-10-9-23-21(24)20(30-22(23)25)12-15-11-18(27-3)19(28-4)13-17(15)26-2/h5-8,11,13,20H,9-10,12H2,1-4H3/t20-/m1/s1. The summed E-state index contributed by atoms with van der Waals surface area (Å²) in [4.78, 5) is 26.5. The minimum Gasteiger partial charge on any atom is -0.496 e. The summed E-state index contributed by atoms with van der Waals surface area (Å²) < 4.78 is 21.7. The van der Waals surface area contributed by atoms with E-state index in [2.05, 4.69) is 0 Å². The number of thioether (sulfide) groups is 1. The van der Waals surface area contributed by atoms with Gasteiger partial charge in [-0.1, -0.05) is 29.5 Å². The Balaban J connectivity index is 1.65. The topological polar surface area (TPSA) is 74.3 Å². The molecule has 0 aliphatic carbocycles. The van der Waals surface area contributed by atoms with Crippen molar-refractivity contribution in [1.29, 1.82) is 0 Å². The number of rotatable bonds is 9. The van der Waals surface area contributed by atoms with E-state index in [0.29, 0.717) is 29.4 Å². The number of carbonyl (C=O) groups excluding carboxylic acids is 2. The lowest BCUT2D eigenvalue weighted by atomic mass is 10.1. The van der Waals surface area contributed by atoms with E-state index in [1.165, 1.54) is 4.90 Å². The van der Waals surface area contributed by atoms with Crippen LogP contribution in [0.15, 0.2) is 36.4 Å². The number of carbonyl (C=O) groups is 2. The van der Waals surface area contributed by atoms with Crippen molar-refractivity contribution >= 4 is 22.9 Å². The zero-order valence-corrected chi connectivity index (χ0v) is 18.3. The van der Waals surface area contributed by atoms with Gasteiger partial charge in [0.1, 0.15) is 18.1 Å². The van der Waals surface area contributed by atoms with Crippen molar-refractivity contribution in [3.63, 3.8) is 0 Å². The van der Waals surface area contributed by atoms with Crippen molar-refractivity contribution < 1.29 is 28.5 Å². The molecule has 0 bridgehead atoms. The van der Waals surface area contributed by atoms with Gasteiger partial charge < -0.3 is 18.9 Å². The quantitative estimate of drug-likeness (QED) is 0.599. The number of methoxy groups -OCH3 is 3. The van der Waals surface area contributed by atoms with Crippen molar-refractivity contribution in [3.05, 3.63) is 47.5 Å². The summed E-state index contributed by atoms with van der Waals surface area (Å²) in [7, 11) is 4.64. The van der Waals surface area contributed by atoms with E-state index in [1.54, 1.807) is 33.5 Å². The highest BCUT2D eigenvalue weighted by atomic mass is 32.2. The number of ether oxygens (including phenoxy) is 4. The molecule has 0 aromatic heterocycles. The third-order valence-electron chi connectivity index (χ3n) is 4.80. The fraction of sp³-hybridized carbons (Fsp3) is 0.364. The molecule has 0 N–H and O–H groups in total. The van der Waals surface area contributed by atoms with Crippen LogP contribution in [0.25, 0.3) is 0 Å². The van der Waals surface area contributed by atoms with Gasteiger partial charge >= 0.3 is 0 Å². The second-order valence-electron chi connectivity index (χ2n) is 6.75. The summed E-state index contributed by atoms with van der Waals surface area (Å²) in [5, 5.41) is -0.791. The van der Waals surface area contributed by atoms with Crippen LogP contribution in [-0.2, 0) is 11.2 Å². The number of hydrogen-bond donors (Lipinski definition) is 0. The van der Waals surface area contributed by atoms with Crippen molar-refractivity contribution in [2.75, 3.05) is 34.5 Å². The smallest absolute Gasteiger partial charge is 0.289 e. The van der Waals surface area contributed by atoms with Gasteiger partial charge in [-0.15, -0.1) is 0 Å². The van der Waals surface area contributed by atoms with Crippen LogP contribution in [0.2, 0.25) is 0 Å². The average Bonchev–Trinajstić information content (AvgIpc) is 3.02. The molecular formula is C22H25NO6S. The number of imide groups is 1. The van der Waals surface area contributed by atoms with E-state index in [1.807, 2.05) is 31.2 Å². The van der Waals surface area contributed by atoms with Crippen LogP contribution in [0, 0.1) is 6.92 Å². The Hall–Kier alpha value is -2.87. The van der Waals surface area contributed by atoms with E-state index in [9.17, 15) is 9.59 Å². The lowest BCUT2D eigenvalue weighted by Crippen LogP contribution is -2.35. The molecule has 1 aliphatic rings. The molecule has 7 nitrogen and oxygen atoms in total. The summed E-state index contributed by atoms with van der Waals surface area (Å²) in [6.07, 6.45) is 0.341. The van der Waals surface area contributed by atoms with Crippen molar-refractivity contribution in [1.82, 2.24) is 4.90 Å². The molecule has 0 spiro atoms. The molecule has 0 unspecified atom stereocenters. The maximum absolute atomic E-state index is 12.8. The first-order valence-corrected chi connectivity index (χ1v) is 10.3. The van der Waals surface area contributed by atoms with Gasteiger partial charge in [0, 0.05) is 6.07 Å². The lowest BCUT2D eigenvalue weighted by Gasteiger charge is -2.16. The summed E-state index contributed by atoms with van der Waals surface area (Å²) in [6, 6.07) is 11.1. The summed E-state index contributed by atoms with van der Waals surface area (Å²) in [5.41, 5.74) is 1.91. The van der Waals surface area contributed by atoms with Gasteiger partial charge in [-0.25, -0.2) is 0 Å². The van der Waals surface area contributed by atoms with E-state index >= 15 is 0 Å². The number of benzene rings is 2. The molecule has 1 aliphatic heterocycles. The van der Waals surface area contributed by atoms with E-state index in [0.717, 1.165) is 22.9 Å². The molecule has 160 valence electrons. The molecule has 2 amide bonds. The van der Waals surface area contributed by atoms with Crippen LogP contribution in [0.4, 0.5) is 4.79 Å². The van der Waals surface area contributed by atoms with Crippen LogP contribution in [-0.4, -0.2) is 55.8 Å². The van der Waals surface area contributed by atoms with Crippen LogP contribution in [0.1, 0.15) is 11.1 Å². The Bertz CT molecular complexity index is 915. The lowest BCUT2D eigenvalue weighted by molar-refractivity contribution is -0.126. The second kappa shape index (κ2) is 9.75. The summed E-state index contributed by atoms with van der Waals surface area (Å²) in [6.45, 7) is 2.45. The molecule has 2 aromatic carbocycles. The minimum atomic E-state index is -0.524. The minimum absolute atomic E-state index is 0.206. The molecule has 1 heterocycles. The predicted octanol–water partition coefficient (Wildman–Crippen LogP) is 3.71. The molecule has 0 radical (unpaired) electrons. The SMILES string of the molecule is COc1cc(OC)c(OC)cc1C[C@H]1SC(=O)N(CCOc2ccc(C)cc2)C1=O. The molecule has 1 atom stereocenters. The van der Waals surface area contributed by atoms with Crippen molar-refractivity contribution in [3.8, 4) is 23.0 Å². The molecular weight excluding hydrogens is 406 g/mol. The highest BCUT2D eigenvalue weighted by Gasteiger charge is 2.39. The largest absolute Gasteiger partial charge is 0.496 e. The summed E-state index contributed by atoms with van der Waals surface area (Å²) in [5.74, 6) is 2.14. The number of amides is 2. The normalized spacial score (nSPS) is 16.0. The molecule has 1 fully saturated rings. The van der Waals surface area contributed by atoms with Gasteiger partial charge in [-0.3, -0.25) is 14.5 Å². The van der Waals surface area contributed by atoms with E-state index in [-0.39, 0.29) is 24.3 Å². The maximum atomic E-state index is 12.8. The molecule has 1 saturated heterocycles. The Labute approximate surface area is 180 Å². The van der Waals surface area contributed by atoms with Crippen LogP contribution >= 0.6 is 11.8 Å². The predicted molar refractivity (Wildman–Crippen MR) is 115 cm³/mol. The first-order valence-electron chi connectivity index (χ1n) is 9.47. The van der Waals surface area contributed by atoms with Gasteiger partial charge in [0.05, 0.1) is 33.1 Å². The van der Waals surface area contributed by atoms with Crippen molar-refractivity contribution in [2.24, 2.45) is 0 Å². The van der Waals surface area contributed by atoms with E-state index < -0.39 is 5.25 Å². The Morgan fingerprint density at radius 3 is 2.20 bits per heavy atom. The third kappa shape index (κ3) is 4.81. The number of aryl methyl sites for hydroxylation is 1. The van der Waals surface area contributed by atoms with Gasteiger partial charge in [0.25, 0.3) is 5.24 Å². The molecule has 3 rings (SSSR count). The summed E-state index contributed by atoms with van der Waals surface area (Å²) >= 11 is 1.02. The van der Waals surface area contributed by atoms with Crippen LogP contribution < -0.4 is 18.9 Å². The Morgan fingerprint density at radius 1 is 0.933 bits per heavy atom. The first kappa shape index (κ1) is 21.8. The number of nitrogens with zero attached hydrogens (tertiary/aromatic N) is 1. The highest BCUT2D eigenvalue weighted by molar-refractivity contribution is 8.15. The van der Waals surface area contributed by atoms with Gasteiger partial charge in [0.2, 0.25) is 5.91 Å². The third-order valence-corrected chi connectivity index (χ3v) is 5.88. The molecule has 2 aromatic rings. The van der Waals surface area contributed by atoms with Crippen LogP contribution in [0.3, 0.4) is 0 Å². The fourth-order valence-corrected chi connectivity index (χ4v) is 4.21. The monoisotopic (exact) mass is 431 g/mol. The molecule has 30 heavy (non-hydrogen) atoms. The molecule has 8 heteroatoms. The maximum Gasteiger partial charge on any atom is 0.289 e. The Kier molecular flexibility index (Phi) is 7.10. The first-order chi connectivity index (χ1) is 14.5. The van der Waals surface area contributed by atoms with Crippen LogP contribution in [0.5, 0.6) is 23.0 Å². The van der Waals surface area contributed by atoms with Gasteiger partial charge in [0.15, 0.2) is 11.5 Å². The van der Waals surface area contributed by atoms with Gasteiger partial charge in [-0.05, 0) is 37.1 Å². The Morgan fingerprint density at radius 2 is 1.57 bits per heavy atom. The molecule has 0 saturated carbocycles. The average molecular weight is 432 g/mol. The highest BCUT2D eigenvalue weighted by Crippen LogP contribution is 2.38.